The number of nitrogens with one attached hydrogen (secondary N) is 1. The Hall–Kier alpha value is -0.430. The Balaban J connectivity index is 2.84. The van der Waals surface area contributed by atoms with Crippen LogP contribution in [0.15, 0.2) is 9.85 Å². The summed E-state index contributed by atoms with van der Waals surface area (Å²) in [4.78, 5) is 12.5. The van der Waals surface area contributed by atoms with Gasteiger partial charge < -0.3 is 15.5 Å². The molecule has 0 aromatic carbocycles. The molecule has 1 heterocycles. The Labute approximate surface area is 113 Å². The molecule has 0 spiro atoms. The van der Waals surface area contributed by atoms with Crippen molar-refractivity contribution in [3.63, 3.8) is 0 Å². The van der Waals surface area contributed by atoms with Crippen molar-refractivity contribution in [1.82, 2.24) is 5.32 Å². The fourth-order valence-electron chi connectivity index (χ4n) is 1.32. The third-order valence-corrected chi connectivity index (χ3v) is 4.88. The maximum atomic E-state index is 12.0. The molecule has 3 N–H and O–H groups in total. The maximum Gasteiger partial charge on any atom is 0.261 e. The number of carbonyl (C=O) groups is 1. The third kappa shape index (κ3) is 3.28. The largest absolute Gasteiger partial charge is 0.394 e. The monoisotopic (exact) mass is 321 g/mol. The second-order valence-corrected chi connectivity index (χ2v) is 6.34. The molecule has 0 aliphatic heterocycles. The van der Waals surface area contributed by atoms with Gasteiger partial charge in [0.05, 0.1) is 27.4 Å². The van der Waals surface area contributed by atoms with Gasteiger partial charge in [-0.1, -0.05) is 6.92 Å². The number of hydrogen-bond donors (Lipinski definition) is 3. The highest BCUT2D eigenvalue weighted by molar-refractivity contribution is 9.11. The van der Waals surface area contributed by atoms with E-state index in [4.69, 9.17) is 0 Å². The first-order valence-corrected chi connectivity index (χ1v) is 6.89. The van der Waals surface area contributed by atoms with Gasteiger partial charge in [0.25, 0.3) is 5.91 Å². The van der Waals surface area contributed by atoms with Crippen LogP contribution in [0.4, 0.5) is 0 Å². The number of aliphatic hydroxyl groups excluding tert-OH is 2. The standard InChI is InChI=1S/C11H16BrNO3S/c1-3-11(5-14,6-15)13-10(16)8-4-7(2)9(12)17-8/h4,14-15H,3,5-6H2,1-2H3,(H,13,16). The molecule has 0 aliphatic carbocycles. The highest BCUT2D eigenvalue weighted by Crippen LogP contribution is 2.27. The second-order valence-electron chi connectivity index (χ2n) is 3.97. The summed E-state index contributed by atoms with van der Waals surface area (Å²) in [5.41, 5.74) is 0.0526. The molecule has 6 heteroatoms. The molecule has 0 fully saturated rings. The van der Waals surface area contributed by atoms with E-state index in [9.17, 15) is 15.0 Å². The molecular weight excluding hydrogens is 306 g/mol. The molecule has 0 unspecified atom stereocenters. The molecule has 4 nitrogen and oxygen atoms in total. The van der Waals surface area contributed by atoms with Crippen LogP contribution >= 0.6 is 27.3 Å². The average Bonchev–Trinajstić information content (AvgIpc) is 2.67. The van der Waals surface area contributed by atoms with Crippen molar-refractivity contribution in [2.24, 2.45) is 0 Å². The van der Waals surface area contributed by atoms with E-state index >= 15 is 0 Å². The van der Waals surface area contributed by atoms with Gasteiger partial charge >= 0.3 is 0 Å². The van der Waals surface area contributed by atoms with Gasteiger partial charge in [-0.2, -0.15) is 0 Å². The van der Waals surface area contributed by atoms with Gasteiger partial charge in [0.1, 0.15) is 0 Å². The molecule has 0 aliphatic rings. The first-order chi connectivity index (χ1) is 7.98. The number of aryl methyl sites for hydroxylation is 1. The quantitative estimate of drug-likeness (QED) is 0.772. The number of rotatable bonds is 5. The predicted molar refractivity (Wildman–Crippen MR) is 71.4 cm³/mol. The van der Waals surface area contributed by atoms with E-state index in [1.807, 2.05) is 13.8 Å². The Morgan fingerprint density at radius 3 is 2.47 bits per heavy atom. The molecule has 0 saturated heterocycles. The van der Waals surface area contributed by atoms with E-state index in [-0.39, 0.29) is 19.1 Å². The van der Waals surface area contributed by atoms with Crippen molar-refractivity contribution < 1.29 is 15.0 Å². The van der Waals surface area contributed by atoms with Crippen LogP contribution in [0.2, 0.25) is 0 Å². The minimum absolute atomic E-state index is 0.270. The summed E-state index contributed by atoms with van der Waals surface area (Å²) in [7, 11) is 0. The molecular formula is C11H16BrNO3S. The van der Waals surface area contributed by atoms with Gasteiger partial charge in [0, 0.05) is 0 Å². The zero-order valence-corrected chi connectivity index (χ0v) is 12.2. The number of thiophene rings is 1. The van der Waals surface area contributed by atoms with E-state index in [1.54, 1.807) is 6.07 Å². The van der Waals surface area contributed by atoms with E-state index in [0.717, 1.165) is 9.35 Å². The first-order valence-electron chi connectivity index (χ1n) is 5.28. The fraction of sp³-hybridized carbons (Fsp3) is 0.545. The second kappa shape index (κ2) is 5.95. The average molecular weight is 322 g/mol. The maximum absolute atomic E-state index is 12.0. The van der Waals surface area contributed by atoms with Gasteiger partial charge in [-0.05, 0) is 40.9 Å². The van der Waals surface area contributed by atoms with Crippen molar-refractivity contribution in [2.75, 3.05) is 13.2 Å². The molecule has 1 rings (SSSR count). The third-order valence-electron chi connectivity index (χ3n) is 2.74. The van der Waals surface area contributed by atoms with E-state index in [2.05, 4.69) is 21.2 Å². The van der Waals surface area contributed by atoms with Crippen molar-refractivity contribution in [3.05, 3.63) is 20.3 Å². The van der Waals surface area contributed by atoms with Crippen LogP contribution in [0, 0.1) is 6.92 Å². The molecule has 96 valence electrons. The molecule has 0 atom stereocenters. The van der Waals surface area contributed by atoms with Gasteiger partial charge in [0.2, 0.25) is 0 Å². The Morgan fingerprint density at radius 1 is 1.53 bits per heavy atom. The predicted octanol–water partition coefficient (Wildman–Crippen LogP) is 1.68. The molecule has 17 heavy (non-hydrogen) atoms. The van der Waals surface area contributed by atoms with E-state index < -0.39 is 5.54 Å². The van der Waals surface area contributed by atoms with Gasteiger partial charge in [0.15, 0.2) is 0 Å². The fourth-order valence-corrected chi connectivity index (χ4v) is 2.75. The lowest BCUT2D eigenvalue weighted by molar-refractivity contribution is 0.0656. The van der Waals surface area contributed by atoms with Crippen LogP contribution in [0.3, 0.4) is 0 Å². The zero-order valence-electron chi connectivity index (χ0n) is 9.79. The van der Waals surface area contributed by atoms with Crippen molar-refractivity contribution in [1.29, 1.82) is 0 Å². The highest BCUT2D eigenvalue weighted by atomic mass is 79.9. The smallest absolute Gasteiger partial charge is 0.261 e. The van der Waals surface area contributed by atoms with Gasteiger partial charge in [-0.25, -0.2) is 0 Å². The lowest BCUT2D eigenvalue weighted by Crippen LogP contribution is -2.53. The van der Waals surface area contributed by atoms with Crippen LogP contribution in [0.1, 0.15) is 28.6 Å². The number of carbonyl (C=O) groups excluding carboxylic acids is 1. The normalized spacial score (nSPS) is 11.6. The van der Waals surface area contributed by atoms with Crippen LogP contribution in [-0.2, 0) is 0 Å². The van der Waals surface area contributed by atoms with Crippen molar-refractivity contribution in [3.8, 4) is 0 Å². The number of aliphatic hydroxyl groups is 2. The Bertz CT molecular complexity index is 374. The highest BCUT2D eigenvalue weighted by Gasteiger charge is 2.29. The number of halogens is 1. The minimum atomic E-state index is -0.943. The molecule has 0 bridgehead atoms. The Morgan fingerprint density at radius 2 is 2.12 bits per heavy atom. The van der Waals surface area contributed by atoms with Crippen LogP contribution < -0.4 is 5.32 Å². The summed E-state index contributed by atoms with van der Waals surface area (Å²) < 4.78 is 0.915. The van der Waals surface area contributed by atoms with Crippen molar-refractivity contribution in [2.45, 2.75) is 25.8 Å². The summed E-state index contributed by atoms with van der Waals surface area (Å²) in [5, 5.41) is 21.2. The number of amides is 1. The molecule has 1 aromatic rings. The molecule has 0 saturated carbocycles. The first kappa shape index (κ1) is 14.6. The number of hydrogen-bond acceptors (Lipinski definition) is 4. The Kier molecular flexibility index (Phi) is 5.12. The topological polar surface area (TPSA) is 69.6 Å². The van der Waals surface area contributed by atoms with E-state index in [0.29, 0.717) is 11.3 Å². The summed E-state index contributed by atoms with van der Waals surface area (Å²) in [6.45, 7) is 3.15. The lowest BCUT2D eigenvalue weighted by atomic mass is 9.98. The van der Waals surface area contributed by atoms with E-state index in [1.165, 1.54) is 11.3 Å². The van der Waals surface area contributed by atoms with Crippen LogP contribution in [0.25, 0.3) is 0 Å². The van der Waals surface area contributed by atoms with Crippen molar-refractivity contribution >= 4 is 33.2 Å². The lowest BCUT2D eigenvalue weighted by Gasteiger charge is -2.29. The molecule has 1 amide bonds. The molecule has 0 radical (unpaired) electrons. The summed E-state index contributed by atoms with van der Waals surface area (Å²) in [6, 6.07) is 1.78. The van der Waals surface area contributed by atoms with Gasteiger partial charge in [-0.3, -0.25) is 4.79 Å². The summed E-state index contributed by atoms with van der Waals surface area (Å²) in [5.74, 6) is -0.270. The minimum Gasteiger partial charge on any atom is -0.394 e. The van der Waals surface area contributed by atoms with Crippen LogP contribution in [-0.4, -0.2) is 34.9 Å². The zero-order chi connectivity index (χ0) is 13.1. The summed E-state index contributed by atoms with van der Waals surface area (Å²) >= 11 is 4.69. The van der Waals surface area contributed by atoms with Crippen LogP contribution in [0.5, 0.6) is 0 Å². The molecule has 1 aromatic heterocycles. The SMILES string of the molecule is CCC(CO)(CO)NC(=O)c1cc(C)c(Br)s1. The summed E-state index contributed by atoms with van der Waals surface area (Å²) in [6.07, 6.45) is 0.470. The van der Waals surface area contributed by atoms with Gasteiger partial charge in [-0.15, -0.1) is 11.3 Å².